The van der Waals surface area contributed by atoms with Crippen molar-refractivity contribution in [3.8, 4) is 0 Å². The zero-order chi connectivity index (χ0) is 14.9. The Hall–Kier alpha value is -1.39. The zero-order valence-electron chi connectivity index (χ0n) is 12.8. The number of hydrogen-bond acceptors (Lipinski definition) is 3. The van der Waals surface area contributed by atoms with Crippen molar-refractivity contribution in [1.29, 1.82) is 0 Å². The van der Waals surface area contributed by atoms with Crippen molar-refractivity contribution >= 4 is 5.91 Å². The van der Waals surface area contributed by atoms with Crippen molar-refractivity contribution in [2.75, 3.05) is 26.2 Å². The van der Waals surface area contributed by atoms with Gasteiger partial charge in [0.1, 0.15) is 6.10 Å². The molecule has 1 aromatic carbocycles. The Morgan fingerprint density at radius 1 is 1.33 bits per heavy atom. The van der Waals surface area contributed by atoms with E-state index in [0.717, 1.165) is 25.1 Å². The van der Waals surface area contributed by atoms with Gasteiger partial charge in [0, 0.05) is 13.1 Å². The van der Waals surface area contributed by atoms with Crippen LogP contribution in [-0.4, -0.2) is 43.1 Å². The summed E-state index contributed by atoms with van der Waals surface area (Å²) in [6, 6.07) is 10.2. The Labute approximate surface area is 126 Å². The first-order chi connectivity index (χ1) is 10.1. The lowest BCUT2D eigenvalue weighted by Gasteiger charge is -2.40. The average Bonchev–Trinajstić information content (AvgIpc) is 2.95. The number of benzene rings is 1. The van der Waals surface area contributed by atoms with Crippen molar-refractivity contribution in [3.05, 3.63) is 35.9 Å². The highest BCUT2D eigenvalue weighted by molar-refractivity contribution is 5.83. The number of carbonyl (C=O) groups is 1. The lowest BCUT2D eigenvalue weighted by molar-refractivity contribution is -0.153. The molecule has 2 aliphatic heterocycles. The fourth-order valence-corrected chi connectivity index (χ4v) is 3.35. The summed E-state index contributed by atoms with van der Waals surface area (Å²) in [5, 5.41) is 3.31. The molecule has 2 heterocycles. The molecule has 0 bridgehead atoms. The molecular formula is C17H24N2O2. The molecule has 0 aliphatic carbocycles. The van der Waals surface area contributed by atoms with Gasteiger partial charge in [-0.3, -0.25) is 4.79 Å². The van der Waals surface area contributed by atoms with Gasteiger partial charge in [-0.25, -0.2) is 0 Å². The van der Waals surface area contributed by atoms with E-state index in [2.05, 4.69) is 24.4 Å². The van der Waals surface area contributed by atoms with Crippen LogP contribution in [0.3, 0.4) is 0 Å². The molecule has 0 aromatic heterocycles. The fraction of sp³-hybridized carbons (Fsp3) is 0.588. The minimum atomic E-state index is -0.252. The standard InChI is InChI=1S/C17H24N2O2/c1-13-10-19(16(20)17(2)8-9-18-12-17)11-15(21-13)14-6-4-3-5-7-14/h3-7,13,15,18H,8-12H2,1-2H3/t13-,15+,17+/m1/s1. The minimum Gasteiger partial charge on any atom is -0.367 e. The molecule has 3 atom stereocenters. The lowest BCUT2D eigenvalue weighted by atomic mass is 9.87. The summed E-state index contributed by atoms with van der Waals surface area (Å²) < 4.78 is 6.04. The molecule has 0 spiro atoms. The molecule has 2 aliphatic rings. The van der Waals surface area contributed by atoms with Crippen molar-refractivity contribution < 1.29 is 9.53 Å². The molecule has 0 radical (unpaired) electrons. The van der Waals surface area contributed by atoms with Crippen LogP contribution >= 0.6 is 0 Å². The van der Waals surface area contributed by atoms with E-state index in [0.29, 0.717) is 13.1 Å². The van der Waals surface area contributed by atoms with Gasteiger partial charge in [0.2, 0.25) is 5.91 Å². The first-order valence-electron chi connectivity index (χ1n) is 7.79. The van der Waals surface area contributed by atoms with Gasteiger partial charge in [-0.2, -0.15) is 0 Å². The van der Waals surface area contributed by atoms with Crippen LogP contribution in [-0.2, 0) is 9.53 Å². The second-order valence-electron chi connectivity index (χ2n) is 6.54. The smallest absolute Gasteiger partial charge is 0.230 e. The van der Waals surface area contributed by atoms with Gasteiger partial charge in [0.25, 0.3) is 0 Å². The predicted octanol–water partition coefficient (Wildman–Crippen LogP) is 1.97. The van der Waals surface area contributed by atoms with Crippen LogP contribution in [0, 0.1) is 5.41 Å². The van der Waals surface area contributed by atoms with Crippen LogP contribution in [0.15, 0.2) is 30.3 Å². The van der Waals surface area contributed by atoms with Crippen molar-refractivity contribution in [3.63, 3.8) is 0 Å². The maximum absolute atomic E-state index is 12.9. The Morgan fingerprint density at radius 2 is 2.10 bits per heavy atom. The normalized spacial score (nSPS) is 33.1. The Kier molecular flexibility index (Phi) is 4.00. The number of nitrogens with zero attached hydrogens (tertiary/aromatic N) is 1. The largest absolute Gasteiger partial charge is 0.367 e. The van der Waals surface area contributed by atoms with E-state index in [1.165, 1.54) is 0 Å². The molecule has 4 heteroatoms. The SMILES string of the molecule is C[C@@H]1CN(C(=O)[C@@]2(C)CCNC2)C[C@@H](c2ccccc2)O1. The highest BCUT2D eigenvalue weighted by atomic mass is 16.5. The summed E-state index contributed by atoms with van der Waals surface area (Å²) in [7, 11) is 0. The Bertz CT molecular complexity index is 497. The van der Waals surface area contributed by atoms with Crippen molar-refractivity contribution in [1.82, 2.24) is 10.2 Å². The number of carbonyl (C=O) groups excluding carboxylic acids is 1. The number of nitrogens with one attached hydrogen (secondary N) is 1. The maximum Gasteiger partial charge on any atom is 0.230 e. The van der Waals surface area contributed by atoms with Gasteiger partial charge < -0.3 is 15.0 Å². The molecule has 1 N–H and O–H groups in total. The van der Waals surface area contributed by atoms with Gasteiger partial charge in [0.15, 0.2) is 0 Å². The second-order valence-corrected chi connectivity index (χ2v) is 6.54. The monoisotopic (exact) mass is 288 g/mol. The molecular weight excluding hydrogens is 264 g/mol. The first-order valence-corrected chi connectivity index (χ1v) is 7.79. The van der Waals surface area contributed by atoms with Gasteiger partial charge in [-0.15, -0.1) is 0 Å². The summed E-state index contributed by atoms with van der Waals surface area (Å²) >= 11 is 0. The first kappa shape index (κ1) is 14.5. The van der Waals surface area contributed by atoms with Gasteiger partial charge in [-0.05, 0) is 32.4 Å². The molecule has 2 saturated heterocycles. The number of rotatable bonds is 2. The number of morpholine rings is 1. The van der Waals surface area contributed by atoms with E-state index in [9.17, 15) is 4.79 Å². The van der Waals surface area contributed by atoms with Gasteiger partial charge in [-0.1, -0.05) is 30.3 Å². The number of ether oxygens (including phenoxy) is 1. The van der Waals surface area contributed by atoms with E-state index < -0.39 is 0 Å². The van der Waals surface area contributed by atoms with Crippen LogP contribution in [0.5, 0.6) is 0 Å². The summed E-state index contributed by atoms with van der Waals surface area (Å²) in [4.78, 5) is 14.9. The molecule has 114 valence electrons. The summed E-state index contributed by atoms with van der Waals surface area (Å²) in [5.41, 5.74) is 0.898. The maximum atomic E-state index is 12.9. The molecule has 1 amide bonds. The van der Waals surface area contributed by atoms with E-state index in [1.54, 1.807) is 0 Å². The summed E-state index contributed by atoms with van der Waals surface area (Å²) in [6.07, 6.45) is 0.982. The molecule has 21 heavy (non-hydrogen) atoms. The van der Waals surface area contributed by atoms with E-state index >= 15 is 0 Å². The topological polar surface area (TPSA) is 41.6 Å². The highest BCUT2D eigenvalue weighted by Gasteiger charge is 2.41. The minimum absolute atomic E-state index is 0.0168. The summed E-state index contributed by atoms with van der Waals surface area (Å²) in [6.45, 7) is 7.19. The quantitative estimate of drug-likeness (QED) is 0.904. The van der Waals surface area contributed by atoms with Crippen LogP contribution in [0.2, 0.25) is 0 Å². The third-order valence-corrected chi connectivity index (χ3v) is 4.60. The average molecular weight is 288 g/mol. The Morgan fingerprint density at radius 3 is 2.76 bits per heavy atom. The second kappa shape index (κ2) is 5.78. The molecule has 2 fully saturated rings. The predicted molar refractivity (Wildman–Crippen MR) is 81.9 cm³/mol. The molecule has 0 saturated carbocycles. The highest BCUT2D eigenvalue weighted by Crippen LogP contribution is 2.31. The van der Waals surface area contributed by atoms with Crippen molar-refractivity contribution in [2.24, 2.45) is 5.41 Å². The molecule has 3 rings (SSSR count). The van der Waals surface area contributed by atoms with E-state index in [-0.39, 0.29) is 23.5 Å². The van der Waals surface area contributed by atoms with Crippen molar-refractivity contribution in [2.45, 2.75) is 32.5 Å². The molecule has 4 nitrogen and oxygen atoms in total. The number of hydrogen-bond donors (Lipinski definition) is 1. The lowest BCUT2D eigenvalue weighted by Crippen LogP contribution is -2.51. The third kappa shape index (κ3) is 2.97. The fourth-order valence-electron chi connectivity index (χ4n) is 3.35. The zero-order valence-corrected chi connectivity index (χ0v) is 12.8. The van der Waals surface area contributed by atoms with Gasteiger partial charge in [0.05, 0.1) is 18.1 Å². The van der Waals surface area contributed by atoms with Gasteiger partial charge >= 0.3 is 0 Å². The van der Waals surface area contributed by atoms with E-state index in [1.807, 2.05) is 30.0 Å². The number of amides is 1. The van der Waals surface area contributed by atoms with Crippen LogP contribution in [0.25, 0.3) is 0 Å². The molecule has 1 aromatic rings. The third-order valence-electron chi connectivity index (χ3n) is 4.60. The van der Waals surface area contributed by atoms with Crippen LogP contribution < -0.4 is 5.32 Å². The molecule has 0 unspecified atom stereocenters. The van der Waals surface area contributed by atoms with Crippen LogP contribution in [0.4, 0.5) is 0 Å². The Balaban J connectivity index is 1.75. The van der Waals surface area contributed by atoms with E-state index in [4.69, 9.17) is 4.74 Å². The van der Waals surface area contributed by atoms with Crippen LogP contribution in [0.1, 0.15) is 31.9 Å². The summed E-state index contributed by atoms with van der Waals surface area (Å²) in [5.74, 6) is 0.267.